The van der Waals surface area contributed by atoms with Crippen molar-refractivity contribution < 1.29 is 4.79 Å². The fourth-order valence-corrected chi connectivity index (χ4v) is 2.34. The summed E-state index contributed by atoms with van der Waals surface area (Å²) in [7, 11) is 0. The van der Waals surface area contributed by atoms with Crippen LogP contribution in [0.15, 0.2) is 24.3 Å². The molecule has 1 aliphatic heterocycles. The lowest BCUT2D eigenvalue weighted by Gasteiger charge is -2.14. The van der Waals surface area contributed by atoms with Crippen molar-refractivity contribution in [3.63, 3.8) is 0 Å². The molecule has 1 aromatic heterocycles. The molecule has 0 aliphatic carbocycles. The fraction of sp³-hybridized carbons (Fsp3) is 0.308. The minimum Gasteiger partial charge on any atom is -0.329 e. The van der Waals surface area contributed by atoms with E-state index in [9.17, 15) is 4.79 Å². The van der Waals surface area contributed by atoms with Gasteiger partial charge in [-0.2, -0.15) is 0 Å². The molecule has 0 saturated heterocycles. The Morgan fingerprint density at radius 3 is 3.11 bits per heavy atom. The zero-order chi connectivity index (χ0) is 12.4. The van der Waals surface area contributed by atoms with Gasteiger partial charge in [0.25, 0.3) is 0 Å². The van der Waals surface area contributed by atoms with E-state index in [0.29, 0.717) is 6.41 Å². The topological polar surface area (TPSA) is 59.8 Å². The minimum absolute atomic E-state index is 0.679. The second-order valence-electron chi connectivity index (χ2n) is 4.39. The molecule has 1 aliphatic rings. The van der Waals surface area contributed by atoms with Crippen LogP contribution in [0.2, 0.25) is 0 Å². The van der Waals surface area contributed by atoms with Gasteiger partial charge in [-0.25, -0.2) is 0 Å². The molecule has 0 spiro atoms. The Morgan fingerprint density at radius 2 is 2.22 bits per heavy atom. The van der Waals surface area contributed by atoms with Gasteiger partial charge in [0.1, 0.15) is 5.82 Å². The molecule has 1 aromatic carbocycles. The molecule has 3 rings (SSSR count). The van der Waals surface area contributed by atoms with E-state index in [2.05, 4.69) is 20.1 Å². The van der Waals surface area contributed by atoms with Crippen molar-refractivity contribution in [1.82, 2.24) is 14.8 Å². The highest BCUT2D eigenvalue weighted by Gasteiger charge is 2.16. The van der Waals surface area contributed by atoms with Gasteiger partial charge < -0.3 is 9.88 Å². The Morgan fingerprint density at radius 1 is 1.28 bits per heavy atom. The average molecular weight is 242 g/mol. The van der Waals surface area contributed by atoms with Crippen molar-refractivity contribution in [1.29, 1.82) is 0 Å². The van der Waals surface area contributed by atoms with Gasteiger partial charge in [0.15, 0.2) is 5.82 Å². The molecule has 18 heavy (non-hydrogen) atoms. The number of aromatic nitrogens is 3. The highest BCUT2D eigenvalue weighted by atomic mass is 16.1. The van der Waals surface area contributed by atoms with E-state index >= 15 is 0 Å². The molecule has 5 heteroatoms. The molecule has 0 saturated carbocycles. The van der Waals surface area contributed by atoms with Crippen molar-refractivity contribution >= 4 is 12.1 Å². The van der Waals surface area contributed by atoms with Crippen LogP contribution in [0.3, 0.4) is 0 Å². The van der Waals surface area contributed by atoms with Crippen LogP contribution >= 0.6 is 0 Å². The Bertz CT molecular complexity index is 576. The number of carbonyl (C=O) groups excluding carboxylic acids is 1. The van der Waals surface area contributed by atoms with Crippen molar-refractivity contribution in [2.24, 2.45) is 0 Å². The zero-order valence-corrected chi connectivity index (χ0v) is 9.97. The van der Waals surface area contributed by atoms with E-state index in [1.165, 1.54) is 12.8 Å². The number of anilines is 1. The third kappa shape index (κ3) is 1.88. The van der Waals surface area contributed by atoms with Crippen molar-refractivity contribution in [3.05, 3.63) is 30.1 Å². The zero-order valence-electron chi connectivity index (χ0n) is 9.97. The first-order chi connectivity index (χ1) is 8.88. The summed E-state index contributed by atoms with van der Waals surface area (Å²) in [6, 6.07) is 7.67. The number of carbonyl (C=O) groups is 1. The lowest BCUT2D eigenvalue weighted by Crippen LogP contribution is -2.11. The maximum atomic E-state index is 10.5. The Labute approximate surface area is 105 Å². The van der Waals surface area contributed by atoms with E-state index in [-0.39, 0.29) is 0 Å². The number of nitrogens with one attached hydrogen (secondary N) is 1. The quantitative estimate of drug-likeness (QED) is 0.835. The molecular weight excluding hydrogens is 228 g/mol. The molecule has 0 bridgehead atoms. The normalized spacial score (nSPS) is 14.0. The monoisotopic (exact) mass is 242 g/mol. The number of aryl methyl sites for hydroxylation is 1. The standard InChI is InChI=1S/C13H14N4O/c18-9-14-11-5-3-4-10(8-11)13-16-15-12-6-1-2-7-17(12)13/h3-5,8-9H,1-2,6-7H2,(H,14,18). The average Bonchev–Trinajstić information content (AvgIpc) is 2.83. The van der Waals surface area contributed by atoms with Crippen LogP contribution in [0.1, 0.15) is 18.7 Å². The van der Waals surface area contributed by atoms with Gasteiger partial charge in [-0.05, 0) is 25.0 Å². The molecule has 5 nitrogen and oxygen atoms in total. The van der Waals surface area contributed by atoms with Crippen molar-refractivity contribution in [2.75, 3.05) is 5.32 Å². The van der Waals surface area contributed by atoms with E-state index in [0.717, 1.165) is 35.9 Å². The smallest absolute Gasteiger partial charge is 0.211 e. The van der Waals surface area contributed by atoms with Gasteiger partial charge in [0.05, 0.1) is 0 Å². The first-order valence-electron chi connectivity index (χ1n) is 6.11. The third-order valence-electron chi connectivity index (χ3n) is 3.21. The summed E-state index contributed by atoms with van der Waals surface area (Å²) in [5.41, 5.74) is 1.76. The Kier molecular flexibility index (Phi) is 2.80. The summed E-state index contributed by atoms with van der Waals surface area (Å²) in [5, 5.41) is 11.1. The highest BCUT2D eigenvalue weighted by molar-refractivity contribution is 5.74. The van der Waals surface area contributed by atoms with Crippen molar-refractivity contribution in [3.8, 4) is 11.4 Å². The van der Waals surface area contributed by atoms with Crippen molar-refractivity contribution in [2.45, 2.75) is 25.8 Å². The molecule has 1 N–H and O–H groups in total. The molecule has 0 atom stereocenters. The number of nitrogens with zero attached hydrogens (tertiary/aromatic N) is 3. The summed E-state index contributed by atoms with van der Waals surface area (Å²) in [6.07, 6.45) is 4.03. The van der Waals surface area contributed by atoms with Crippen LogP contribution in [0.25, 0.3) is 11.4 Å². The second kappa shape index (κ2) is 4.60. The van der Waals surface area contributed by atoms with E-state index in [4.69, 9.17) is 0 Å². The van der Waals surface area contributed by atoms with Gasteiger partial charge in [0, 0.05) is 24.2 Å². The van der Waals surface area contributed by atoms with Gasteiger partial charge in [0.2, 0.25) is 6.41 Å². The maximum Gasteiger partial charge on any atom is 0.211 e. The Hall–Kier alpha value is -2.17. The summed E-state index contributed by atoms with van der Waals surface area (Å²) >= 11 is 0. The fourth-order valence-electron chi connectivity index (χ4n) is 2.34. The summed E-state index contributed by atoms with van der Waals surface area (Å²) in [4.78, 5) is 10.5. The van der Waals surface area contributed by atoms with E-state index < -0.39 is 0 Å². The van der Waals surface area contributed by atoms with E-state index in [1.807, 2.05) is 24.3 Å². The number of amides is 1. The third-order valence-corrected chi connectivity index (χ3v) is 3.21. The van der Waals surface area contributed by atoms with Crippen LogP contribution in [0, 0.1) is 0 Å². The predicted octanol–water partition coefficient (Wildman–Crippen LogP) is 1.85. The van der Waals surface area contributed by atoms with Crippen LogP contribution < -0.4 is 5.32 Å². The predicted molar refractivity (Wildman–Crippen MR) is 68.1 cm³/mol. The molecule has 1 amide bonds. The molecule has 0 radical (unpaired) electrons. The van der Waals surface area contributed by atoms with Crippen LogP contribution in [-0.4, -0.2) is 21.2 Å². The summed E-state index contributed by atoms with van der Waals surface area (Å²) in [6.45, 7) is 0.975. The second-order valence-corrected chi connectivity index (χ2v) is 4.39. The highest BCUT2D eigenvalue weighted by Crippen LogP contribution is 2.24. The maximum absolute atomic E-state index is 10.5. The van der Waals surface area contributed by atoms with Gasteiger partial charge in [-0.3, -0.25) is 4.79 Å². The van der Waals surface area contributed by atoms with Crippen LogP contribution in [0.4, 0.5) is 5.69 Å². The van der Waals surface area contributed by atoms with Gasteiger partial charge in [-0.1, -0.05) is 12.1 Å². The first kappa shape index (κ1) is 11.0. The lowest BCUT2D eigenvalue weighted by molar-refractivity contribution is -0.105. The van der Waals surface area contributed by atoms with Gasteiger partial charge >= 0.3 is 0 Å². The summed E-state index contributed by atoms with van der Waals surface area (Å²) in [5.74, 6) is 1.95. The number of hydrogen-bond donors (Lipinski definition) is 1. The molecule has 0 unspecified atom stereocenters. The van der Waals surface area contributed by atoms with Gasteiger partial charge in [-0.15, -0.1) is 10.2 Å². The molecular formula is C13H14N4O. The van der Waals surface area contributed by atoms with Crippen LogP contribution in [0.5, 0.6) is 0 Å². The minimum atomic E-state index is 0.679. The SMILES string of the molecule is O=CNc1cccc(-c2nnc3n2CCCC3)c1. The number of benzene rings is 1. The number of fused-ring (bicyclic) bond motifs is 1. The van der Waals surface area contributed by atoms with Crippen LogP contribution in [-0.2, 0) is 17.8 Å². The molecule has 2 aromatic rings. The number of rotatable bonds is 3. The molecule has 0 fully saturated rings. The molecule has 2 heterocycles. The lowest BCUT2D eigenvalue weighted by atomic mass is 10.1. The first-order valence-corrected chi connectivity index (χ1v) is 6.11. The number of hydrogen-bond acceptors (Lipinski definition) is 3. The Balaban J connectivity index is 2.01. The largest absolute Gasteiger partial charge is 0.329 e. The van der Waals surface area contributed by atoms with E-state index in [1.54, 1.807) is 0 Å². The molecule has 92 valence electrons. The summed E-state index contributed by atoms with van der Waals surface area (Å²) < 4.78 is 2.17.